The van der Waals surface area contributed by atoms with Crippen LogP contribution < -0.4 is 11.1 Å². The monoisotopic (exact) mass is 492 g/mol. The van der Waals surface area contributed by atoms with Gasteiger partial charge in [-0.15, -0.1) is 0 Å². The van der Waals surface area contributed by atoms with Gasteiger partial charge in [-0.05, 0) is 46.4 Å². The molecule has 1 heterocycles. The SMILES string of the molecule is CCC(=O)O.CC[C@H](NC(=O)CCc1ccc(-c2ccsc2)cc1)C(=O)CCC(N)=O.O=CO. The molecule has 0 saturated carbocycles. The highest BCUT2D eigenvalue weighted by Gasteiger charge is 2.19. The molecule has 2 rings (SSSR count). The van der Waals surface area contributed by atoms with Crippen molar-refractivity contribution in [3.05, 3.63) is 46.7 Å². The summed E-state index contributed by atoms with van der Waals surface area (Å²) >= 11 is 1.66. The number of carboxylic acid groups (broad SMARTS) is 2. The molecule has 0 saturated heterocycles. The number of carbonyl (C=O) groups excluding carboxylic acids is 3. The van der Waals surface area contributed by atoms with Crippen molar-refractivity contribution >= 4 is 41.4 Å². The normalized spacial score (nSPS) is 10.4. The number of ketones is 1. The van der Waals surface area contributed by atoms with E-state index in [9.17, 15) is 19.2 Å². The van der Waals surface area contributed by atoms with Crippen molar-refractivity contribution in [1.29, 1.82) is 0 Å². The van der Waals surface area contributed by atoms with E-state index in [1.165, 1.54) is 5.56 Å². The number of carboxylic acids is 1. The highest BCUT2D eigenvalue weighted by molar-refractivity contribution is 7.08. The van der Waals surface area contributed by atoms with Gasteiger partial charge in [0, 0.05) is 25.7 Å². The number of rotatable bonds is 11. The fourth-order valence-corrected chi connectivity index (χ4v) is 3.31. The molecule has 0 radical (unpaired) electrons. The van der Waals surface area contributed by atoms with Crippen molar-refractivity contribution in [2.75, 3.05) is 0 Å². The Morgan fingerprint density at radius 2 is 1.62 bits per heavy atom. The molecular weight excluding hydrogens is 460 g/mol. The molecule has 0 bridgehead atoms. The lowest BCUT2D eigenvalue weighted by Gasteiger charge is -2.15. The number of Topliss-reactive ketones (excluding diaryl/α,β-unsaturated/α-hetero) is 1. The number of amides is 2. The van der Waals surface area contributed by atoms with E-state index in [2.05, 4.69) is 28.9 Å². The molecule has 1 aromatic heterocycles. The lowest BCUT2D eigenvalue weighted by Crippen LogP contribution is -2.40. The maximum Gasteiger partial charge on any atom is 0.303 e. The second-order valence-electron chi connectivity index (χ2n) is 7.02. The smallest absolute Gasteiger partial charge is 0.303 e. The van der Waals surface area contributed by atoms with Gasteiger partial charge in [-0.3, -0.25) is 24.0 Å². The molecule has 0 unspecified atom stereocenters. The highest BCUT2D eigenvalue weighted by Crippen LogP contribution is 2.22. The molecule has 0 aliphatic heterocycles. The number of aryl methyl sites for hydroxylation is 1. The zero-order chi connectivity index (χ0) is 25.9. The second kappa shape index (κ2) is 18.0. The van der Waals surface area contributed by atoms with Crippen molar-refractivity contribution in [2.45, 2.75) is 58.4 Å². The number of primary amides is 1. The molecule has 5 N–H and O–H groups in total. The molecular formula is C24H32N2O7S. The molecule has 0 aliphatic rings. The van der Waals surface area contributed by atoms with Gasteiger partial charge in [0.25, 0.3) is 6.47 Å². The molecule has 9 nitrogen and oxygen atoms in total. The van der Waals surface area contributed by atoms with E-state index in [0.29, 0.717) is 19.3 Å². The van der Waals surface area contributed by atoms with Gasteiger partial charge >= 0.3 is 5.97 Å². The van der Waals surface area contributed by atoms with Crippen molar-refractivity contribution in [1.82, 2.24) is 5.32 Å². The molecule has 10 heteroatoms. The number of nitrogens with one attached hydrogen (secondary N) is 1. The van der Waals surface area contributed by atoms with Crippen LogP contribution in [0, 0.1) is 0 Å². The van der Waals surface area contributed by atoms with Crippen LogP contribution in [0.25, 0.3) is 11.1 Å². The molecule has 1 atom stereocenters. The second-order valence-corrected chi connectivity index (χ2v) is 7.80. The Hall–Kier alpha value is -3.53. The molecule has 0 fully saturated rings. The van der Waals surface area contributed by atoms with Crippen LogP contribution in [0.1, 0.15) is 51.5 Å². The van der Waals surface area contributed by atoms with Gasteiger partial charge in [-0.2, -0.15) is 11.3 Å². The Morgan fingerprint density at radius 3 is 2.06 bits per heavy atom. The third-order valence-corrected chi connectivity index (χ3v) is 5.18. The number of carbonyl (C=O) groups is 5. The van der Waals surface area contributed by atoms with E-state index in [1.807, 2.05) is 24.4 Å². The quantitative estimate of drug-likeness (QED) is 0.350. The first-order chi connectivity index (χ1) is 16.2. The molecule has 0 aliphatic carbocycles. The summed E-state index contributed by atoms with van der Waals surface area (Å²) in [5.74, 6) is -1.57. The molecule has 186 valence electrons. The van der Waals surface area contributed by atoms with Crippen LogP contribution in [0.2, 0.25) is 0 Å². The first kappa shape index (κ1) is 30.5. The molecule has 1 aromatic carbocycles. The van der Waals surface area contributed by atoms with Crippen LogP contribution in [0.3, 0.4) is 0 Å². The summed E-state index contributed by atoms with van der Waals surface area (Å²) in [6, 6.07) is 9.68. The van der Waals surface area contributed by atoms with E-state index in [-0.39, 0.29) is 37.4 Å². The van der Waals surface area contributed by atoms with Crippen LogP contribution in [-0.2, 0) is 30.4 Å². The topological polar surface area (TPSA) is 164 Å². The Kier molecular flexibility index (Phi) is 16.1. The van der Waals surface area contributed by atoms with E-state index >= 15 is 0 Å². The minimum absolute atomic E-state index is 0.0156. The Labute approximate surface area is 203 Å². The number of nitrogens with two attached hydrogens (primary N) is 1. The third kappa shape index (κ3) is 13.8. The van der Waals surface area contributed by atoms with Gasteiger partial charge < -0.3 is 21.3 Å². The highest BCUT2D eigenvalue weighted by atomic mass is 32.1. The zero-order valence-electron chi connectivity index (χ0n) is 19.4. The third-order valence-electron chi connectivity index (χ3n) is 4.50. The number of hydrogen-bond donors (Lipinski definition) is 4. The minimum atomic E-state index is -0.745. The van der Waals surface area contributed by atoms with Crippen molar-refractivity contribution in [3.8, 4) is 11.1 Å². The predicted molar refractivity (Wildman–Crippen MR) is 130 cm³/mol. The molecule has 34 heavy (non-hydrogen) atoms. The maximum absolute atomic E-state index is 12.1. The molecule has 0 spiro atoms. The maximum atomic E-state index is 12.1. The van der Waals surface area contributed by atoms with Crippen molar-refractivity contribution in [2.24, 2.45) is 5.73 Å². The van der Waals surface area contributed by atoms with Crippen LogP contribution >= 0.6 is 11.3 Å². The van der Waals surface area contributed by atoms with Gasteiger partial charge in [-0.25, -0.2) is 0 Å². The summed E-state index contributed by atoms with van der Waals surface area (Å²) in [6.07, 6.45) is 1.73. The Bertz CT molecular complexity index is 897. The largest absolute Gasteiger partial charge is 0.483 e. The lowest BCUT2D eigenvalue weighted by molar-refractivity contribution is -0.136. The summed E-state index contributed by atoms with van der Waals surface area (Å²) in [5, 5.41) is 21.5. The number of hydrogen-bond acceptors (Lipinski definition) is 6. The van der Waals surface area contributed by atoms with Gasteiger partial charge in [0.05, 0.1) is 6.04 Å². The van der Waals surface area contributed by atoms with Gasteiger partial charge in [0.1, 0.15) is 0 Å². The van der Waals surface area contributed by atoms with Crippen LogP contribution in [0.15, 0.2) is 41.1 Å². The Morgan fingerprint density at radius 1 is 1.03 bits per heavy atom. The number of thiophene rings is 1. The summed E-state index contributed by atoms with van der Waals surface area (Å²) in [5.41, 5.74) is 8.49. The van der Waals surface area contributed by atoms with E-state index < -0.39 is 17.9 Å². The Balaban J connectivity index is 0.00000118. The first-order valence-electron chi connectivity index (χ1n) is 10.7. The minimum Gasteiger partial charge on any atom is -0.483 e. The van der Waals surface area contributed by atoms with E-state index in [1.54, 1.807) is 18.3 Å². The average Bonchev–Trinajstić information content (AvgIpc) is 3.36. The van der Waals surface area contributed by atoms with Crippen LogP contribution in [0.5, 0.6) is 0 Å². The summed E-state index contributed by atoms with van der Waals surface area (Å²) in [6.45, 7) is 3.18. The molecule has 2 aromatic rings. The number of aliphatic carboxylic acids is 1. The standard InChI is InChI=1S/C20H24N2O3S.C3H6O2.CH2O2/c1-2-17(18(23)8-9-19(21)24)22-20(25)10-5-14-3-6-15(7-4-14)16-11-12-26-13-16;1-2-3(4)5;2-1-3/h3-4,6-7,11-13,17H,2,5,8-10H2,1H3,(H2,21,24)(H,22,25);2H2,1H3,(H,4,5);1H,(H,2,3)/t17-;;/m0../s1. The van der Waals surface area contributed by atoms with Gasteiger partial charge in [0.15, 0.2) is 5.78 Å². The van der Waals surface area contributed by atoms with E-state index in [0.717, 1.165) is 11.1 Å². The van der Waals surface area contributed by atoms with E-state index in [4.69, 9.17) is 20.7 Å². The van der Waals surface area contributed by atoms with Crippen LogP contribution in [0.4, 0.5) is 0 Å². The molecule has 2 amide bonds. The fourth-order valence-electron chi connectivity index (χ4n) is 2.65. The van der Waals surface area contributed by atoms with Crippen molar-refractivity contribution < 1.29 is 34.2 Å². The number of benzene rings is 1. The summed E-state index contributed by atoms with van der Waals surface area (Å²) < 4.78 is 0. The zero-order valence-corrected chi connectivity index (χ0v) is 20.2. The average molecular weight is 493 g/mol. The summed E-state index contributed by atoms with van der Waals surface area (Å²) in [7, 11) is 0. The summed E-state index contributed by atoms with van der Waals surface area (Å²) in [4.78, 5) is 52.7. The lowest BCUT2D eigenvalue weighted by atomic mass is 10.0. The first-order valence-corrected chi connectivity index (χ1v) is 11.6. The van der Waals surface area contributed by atoms with Gasteiger partial charge in [0.2, 0.25) is 11.8 Å². The van der Waals surface area contributed by atoms with Gasteiger partial charge in [-0.1, -0.05) is 38.1 Å². The van der Waals surface area contributed by atoms with Crippen molar-refractivity contribution in [3.63, 3.8) is 0 Å². The van der Waals surface area contributed by atoms with Crippen LogP contribution in [-0.4, -0.2) is 46.3 Å². The fraction of sp³-hybridized carbons (Fsp3) is 0.375. The predicted octanol–water partition coefficient (Wildman–Crippen LogP) is 3.26.